The van der Waals surface area contributed by atoms with Crippen molar-refractivity contribution in [3.63, 3.8) is 0 Å². The average molecular weight is 345 g/mol. The average Bonchev–Trinajstić information content (AvgIpc) is 2.55. The van der Waals surface area contributed by atoms with E-state index in [-0.39, 0.29) is 17.1 Å². The van der Waals surface area contributed by atoms with Gasteiger partial charge in [0.15, 0.2) is 12.4 Å². The highest BCUT2D eigenvalue weighted by molar-refractivity contribution is 5.92. The molecule has 0 saturated carbocycles. The lowest BCUT2D eigenvalue weighted by atomic mass is 10.2. The molecule has 0 saturated heterocycles. The highest BCUT2D eigenvalue weighted by Gasteiger charge is 2.17. The zero-order chi connectivity index (χ0) is 18.6. The van der Waals surface area contributed by atoms with Crippen LogP contribution in [0.1, 0.15) is 11.1 Å². The molecule has 0 bridgehead atoms. The Labute approximate surface area is 142 Å². The zero-order valence-corrected chi connectivity index (χ0v) is 13.5. The molecular formula is C16H15N3O6. The second kappa shape index (κ2) is 7.39. The number of non-ortho nitro benzene ring substituents is 1. The minimum Gasteiger partial charge on any atom is -0.477 e. The van der Waals surface area contributed by atoms with Crippen LogP contribution in [-0.4, -0.2) is 22.4 Å². The molecule has 0 radical (unpaired) electrons. The van der Waals surface area contributed by atoms with Gasteiger partial charge in [-0.15, -0.1) is 0 Å². The van der Waals surface area contributed by atoms with Gasteiger partial charge in [-0.3, -0.25) is 25.0 Å². The highest BCUT2D eigenvalue weighted by Crippen LogP contribution is 2.27. The quantitative estimate of drug-likeness (QED) is 0.633. The van der Waals surface area contributed by atoms with E-state index in [1.165, 1.54) is 30.3 Å². The lowest BCUT2D eigenvalue weighted by Gasteiger charge is -2.10. The fourth-order valence-electron chi connectivity index (χ4n) is 2.12. The molecule has 0 fully saturated rings. The Bertz CT molecular complexity index is 850. The summed E-state index contributed by atoms with van der Waals surface area (Å²) in [5, 5.41) is 24.3. The molecule has 1 amide bonds. The van der Waals surface area contributed by atoms with Crippen LogP contribution < -0.4 is 10.1 Å². The molecule has 1 N–H and O–H groups in total. The molecule has 2 aromatic rings. The van der Waals surface area contributed by atoms with Crippen molar-refractivity contribution in [1.82, 2.24) is 0 Å². The summed E-state index contributed by atoms with van der Waals surface area (Å²) < 4.78 is 5.23. The van der Waals surface area contributed by atoms with E-state index in [1.54, 1.807) is 19.9 Å². The Morgan fingerprint density at radius 2 is 1.80 bits per heavy atom. The SMILES string of the molecule is Cc1ccc(OCC(=O)Nc2ccc([N+](=O)[O-])cc2C)c([N+](=O)[O-])c1. The molecule has 9 heteroatoms. The predicted molar refractivity (Wildman–Crippen MR) is 89.8 cm³/mol. The van der Waals surface area contributed by atoms with Gasteiger partial charge in [-0.1, -0.05) is 6.07 Å². The van der Waals surface area contributed by atoms with Crippen LogP contribution in [0.5, 0.6) is 5.75 Å². The van der Waals surface area contributed by atoms with Crippen LogP contribution in [0.4, 0.5) is 17.1 Å². The monoisotopic (exact) mass is 345 g/mol. The number of carbonyl (C=O) groups is 1. The summed E-state index contributed by atoms with van der Waals surface area (Å²) in [6.07, 6.45) is 0. The van der Waals surface area contributed by atoms with Gasteiger partial charge >= 0.3 is 5.69 Å². The summed E-state index contributed by atoms with van der Waals surface area (Å²) in [6.45, 7) is 2.90. The fourth-order valence-corrected chi connectivity index (χ4v) is 2.12. The molecule has 0 heterocycles. The summed E-state index contributed by atoms with van der Waals surface area (Å²) in [7, 11) is 0. The van der Waals surface area contributed by atoms with E-state index in [0.717, 1.165) is 0 Å². The molecular weight excluding hydrogens is 330 g/mol. The van der Waals surface area contributed by atoms with Crippen molar-refractivity contribution in [2.24, 2.45) is 0 Å². The summed E-state index contributed by atoms with van der Waals surface area (Å²) in [6, 6.07) is 8.45. The predicted octanol–water partition coefficient (Wildman–Crippen LogP) is 3.14. The maximum Gasteiger partial charge on any atom is 0.311 e. The summed E-state index contributed by atoms with van der Waals surface area (Å²) in [4.78, 5) is 32.6. The molecule has 0 unspecified atom stereocenters. The Morgan fingerprint density at radius 3 is 2.40 bits per heavy atom. The van der Waals surface area contributed by atoms with Gasteiger partial charge in [0, 0.05) is 23.9 Å². The number of carbonyl (C=O) groups excluding carboxylic acids is 1. The third-order valence-corrected chi connectivity index (χ3v) is 3.36. The van der Waals surface area contributed by atoms with Gasteiger partial charge in [0.05, 0.1) is 9.85 Å². The standard InChI is InChI=1S/C16H15N3O6/c1-10-3-6-15(14(7-10)19(23)24)25-9-16(20)17-13-5-4-12(18(21)22)8-11(13)2/h3-8H,9H2,1-2H3,(H,17,20). The second-order valence-corrected chi connectivity index (χ2v) is 5.32. The largest absolute Gasteiger partial charge is 0.477 e. The van der Waals surface area contributed by atoms with Crippen LogP contribution in [0.25, 0.3) is 0 Å². The van der Waals surface area contributed by atoms with Crippen LogP contribution in [0.15, 0.2) is 36.4 Å². The number of nitrogens with zero attached hydrogens (tertiary/aromatic N) is 2. The Balaban J connectivity index is 2.04. The molecule has 25 heavy (non-hydrogen) atoms. The number of hydrogen-bond donors (Lipinski definition) is 1. The lowest BCUT2D eigenvalue weighted by Crippen LogP contribution is -2.21. The summed E-state index contributed by atoms with van der Waals surface area (Å²) >= 11 is 0. The van der Waals surface area contributed by atoms with Crippen molar-refractivity contribution < 1.29 is 19.4 Å². The molecule has 0 aliphatic heterocycles. The maximum absolute atomic E-state index is 12.0. The van der Waals surface area contributed by atoms with E-state index < -0.39 is 22.4 Å². The number of aryl methyl sites for hydroxylation is 2. The van der Waals surface area contributed by atoms with Gasteiger partial charge in [0.1, 0.15) is 0 Å². The van der Waals surface area contributed by atoms with Gasteiger partial charge in [0.25, 0.3) is 11.6 Å². The van der Waals surface area contributed by atoms with Gasteiger partial charge in [-0.25, -0.2) is 0 Å². The summed E-state index contributed by atoms with van der Waals surface area (Å²) in [5.74, 6) is -0.544. The van der Waals surface area contributed by atoms with Crippen molar-refractivity contribution >= 4 is 23.0 Å². The number of anilines is 1. The number of nitro benzene ring substituents is 2. The molecule has 130 valence electrons. The second-order valence-electron chi connectivity index (χ2n) is 5.32. The van der Waals surface area contributed by atoms with Crippen LogP contribution in [0.3, 0.4) is 0 Å². The number of ether oxygens (including phenoxy) is 1. The molecule has 0 aliphatic rings. The molecule has 2 aromatic carbocycles. The van der Waals surface area contributed by atoms with Crippen molar-refractivity contribution in [3.8, 4) is 5.75 Å². The molecule has 9 nitrogen and oxygen atoms in total. The van der Waals surface area contributed by atoms with Gasteiger partial charge in [-0.2, -0.15) is 0 Å². The van der Waals surface area contributed by atoms with Gasteiger partial charge < -0.3 is 10.1 Å². The highest BCUT2D eigenvalue weighted by atomic mass is 16.6. The van der Waals surface area contributed by atoms with Crippen molar-refractivity contribution in [3.05, 3.63) is 67.8 Å². The first kappa shape index (κ1) is 17.9. The number of nitro groups is 2. The molecule has 0 atom stereocenters. The zero-order valence-electron chi connectivity index (χ0n) is 13.5. The van der Waals surface area contributed by atoms with E-state index in [9.17, 15) is 25.0 Å². The minimum absolute atomic E-state index is 0.00817. The van der Waals surface area contributed by atoms with Crippen LogP contribution in [0.2, 0.25) is 0 Å². The third kappa shape index (κ3) is 4.50. The van der Waals surface area contributed by atoms with Crippen LogP contribution in [0, 0.1) is 34.1 Å². The number of rotatable bonds is 6. The van der Waals surface area contributed by atoms with E-state index in [2.05, 4.69) is 5.32 Å². The number of benzene rings is 2. The lowest BCUT2D eigenvalue weighted by molar-refractivity contribution is -0.385. The van der Waals surface area contributed by atoms with E-state index in [1.807, 2.05) is 0 Å². The fraction of sp³-hybridized carbons (Fsp3) is 0.188. The smallest absolute Gasteiger partial charge is 0.311 e. The van der Waals surface area contributed by atoms with Gasteiger partial charge in [-0.05, 0) is 37.1 Å². The van der Waals surface area contributed by atoms with Crippen molar-refractivity contribution in [1.29, 1.82) is 0 Å². The van der Waals surface area contributed by atoms with E-state index in [0.29, 0.717) is 16.8 Å². The normalized spacial score (nSPS) is 10.2. The van der Waals surface area contributed by atoms with E-state index in [4.69, 9.17) is 4.74 Å². The third-order valence-electron chi connectivity index (χ3n) is 3.36. The first-order valence-electron chi connectivity index (χ1n) is 7.20. The molecule has 0 spiro atoms. The number of nitrogens with one attached hydrogen (secondary N) is 1. The minimum atomic E-state index is -0.583. The Hall–Kier alpha value is -3.49. The summed E-state index contributed by atoms with van der Waals surface area (Å²) in [5.41, 5.74) is 1.31. The molecule has 0 aromatic heterocycles. The van der Waals surface area contributed by atoms with Crippen LogP contribution >= 0.6 is 0 Å². The number of hydrogen-bond acceptors (Lipinski definition) is 6. The first-order chi connectivity index (χ1) is 11.8. The van der Waals surface area contributed by atoms with Crippen LogP contribution in [-0.2, 0) is 4.79 Å². The van der Waals surface area contributed by atoms with E-state index >= 15 is 0 Å². The van der Waals surface area contributed by atoms with Crippen molar-refractivity contribution in [2.75, 3.05) is 11.9 Å². The van der Waals surface area contributed by atoms with Crippen molar-refractivity contribution in [2.45, 2.75) is 13.8 Å². The Kier molecular flexibility index (Phi) is 5.28. The first-order valence-corrected chi connectivity index (χ1v) is 7.20. The van der Waals surface area contributed by atoms with Gasteiger partial charge in [0.2, 0.25) is 0 Å². The molecule has 2 rings (SSSR count). The number of amides is 1. The Morgan fingerprint density at radius 1 is 1.08 bits per heavy atom. The topological polar surface area (TPSA) is 125 Å². The molecule has 0 aliphatic carbocycles. The maximum atomic E-state index is 12.0.